The van der Waals surface area contributed by atoms with Gasteiger partial charge in [0.1, 0.15) is 11.5 Å². The van der Waals surface area contributed by atoms with E-state index in [0.29, 0.717) is 18.0 Å². The molecule has 1 N–H and O–H groups in total. The zero-order valence-corrected chi connectivity index (χ0v) is 10.7. The van der Waals surface area contributed by atoms with Crippen molar-refractivity contribution in [2.45, 2.75) is 12.9 Å². The maximum absolute atomic E-state index is 11.7. The fraction of sp³-hybridized carbons (Fsp3) is 0.500. The second-order valence-corrected chi connectivity index (χ2v) is 3.65. The molecule has 0 bridgehead atoms. The van der Waals surface area contributed by atoms with Crippen LogP contribution < -0.4 is 14.8 Å². The van der Waals surface area contributed by atoms with Crippen LogP contribution in [0.1, 0.15) is 5.56 Å². The van der Waals surface area contributed by atoms with Crippen LogP contribution in [0.5, 0.6) is 11.5 Å². The maximum atomic E-state index is 11.7. The Balaban J connectivity index is 2.41. The molecule has 1 aromatic rings. The van der Waals surface area contributed by atoms with Crippen LogP contribution in [0.3, 0.4) is 0 Å². The van der Waals surface area contributed by atoms with Crippen molar-refractivity contribution in [3.05, 3.63) is 23.8 Å². The number of halogens is 3. The summed E-state index contributed by atoms with van der Waals surface area (Å²) in [6, 6.07) is 5.25. The molecule has 0 aliphatic rings. The van der Waals surface area contributed by atoms with E-state index in [2.05, 4.69) is 10.1 Å². The summed E-state index contributed by atoms with van der Waals surface area (Å²) in [7, 11) is 3.06. The smallest absolute Gasteiger partial charge is 0.497 e. The minimum absolute atomic E-state index is 0.0920. The molecule has 0 unspecified atom stereocenters. The Kier molecular flexibility index (Phi) is 5.91. The number of hydrogen-bond donors (Lipinski definition) is 1. The number of methoxy groups -OCH3 is 2. The van der Waals surface area contributed by atoms with E-state index in [9.17, 15) is 13.2 Å². The Morgan fingerprint density at radius 3 is 2.47 bits per heavy atom. The van der Waals surface area contributed by atoms with Crippen molar-refractivity contribution in [2.75, 3.05) is 27.4 Å². The molecule has 0 aromatic heterocycles. The summed E-state index contributed by atoms with van der Waals surface area (Å²) < 4.78 is 49.0. The summed E-state index contributed by atoms with van der Waals surface area (Å²) in [6.45, 7) is 0.0467. The average Bonchev–Trinajstić information content (AvgIpc) is 2.37. The fourth-order valence-corrected chi connectivity index (χ4v) is 1.46. The highest BCUT2D eigenvalue weighted by Gasteiger charge is 2.28. The van der Waals surface area contributed by atoms with Gasteiger partial charge in [0.05, 0.1) is 20.8 Å². The number of rotatable bonds is 7. The third-order valence-corrected chi connectivity index (χ3v) is 2.35. The van der Waals surface area contributed by atoms with Gasteiger partial charge in [-0.3, -0.25) is 4.74 Å². The second kappa shape index (κ2) is 7.20. The highest BCUT2D eigenvalue weighted by atomic mass is 19.4. The molecule has 19 heavy (non-hydrogen) atoms. The van der Waals surface area contributed by atoms with Crippen LogP contribution in [0.15, 0.2) is 18.2 Å². The first-order chi connectivity index (χ1) is 8.96. The Morgan fingerprint density at radius 2 is 1.89 bits per heavy atom. The van der Waals surface area contributed by atoms with Gasteiger partial charge in [-0.1, -0.05) is 6.07 Å². The summed E-state index contributed by atoms with van der Waals surface area (Å²) in [4.78, 5) is 0. The van der Waals surface area contributed by atoms with Crippen molar-refractivity contribution in [1.82, 2.24) is 5.32 Å². The van der Waals surface area contributed by atoms with E-state index in [-0.39, 0.29) is 6.54 Å². The van der Waals surface area contributed by atoms with E-state index < -0.39 is 13.0 Å². The first-order valence-corrected chi connectivity index (χ1v) is 5.58. The molecule has 4 nitrogen and oxygen atoms in total. The molecule has 1 aromatic carbocycles. The van der Waals surface area contributed by atoms with Crippen LogP contribution in [0, 0.1) is 0 Å². The first kappa shape index (κ1) is 15.6. The Morgan fingerprint density at radius 1 is 1.16 bits per heavy atom. The summed E-state index contributed by atoms with van der Waals surface area (Å²) >= 11 is 0. The summed E-state index contributed by atoms with van der Waals surface area (Å²) in [5.74, 6) is 1.27. The predicted octanol–water partition coefficient (Wildman–Crippen LogP) is 2.33. The lowest BCUT2D eigenvalue weighted by Crippen LogP contribution is -2.24. The SMILES string of the molecule is COc1ccc(CNCCOC(F)(F)F)c(OC)c1. The van der Waals surface area contributed by atoms with Crippen LogP contribution >= 0.6 is 0 Å². The van der Waals surface area contributed by atoms with E-state index in [1.54, 1.807) is 25.3 Å². The quantitative estimate of drug-likeness (QED) is 0.778. The first-order valence-electron chi connectivity index (χ1n) is 5.58. The van der Waals surface area contributed by atoms with Gasteiger partial charge in [-0.2, -0.15) is 0 Å². The molecule has 0 aliphatic heterocycles. The van der Waals surface area contributed by atoms with Crippen molar-refractivity contribution in [1.29, 1.82) is 0 Å². The van der Waals surface area contributed by atoms with Crippen molar-refractivity contribution in [2.24, 2.45) is 0 Å². The van der Waals surface area contributed by atoms with Gasteiger partial charge in [0.2, 0.25) is 0 Å². The van der Waals surface area contributed by atoms with Gasteiger partial charge in [0.25, 0.3) is 0 Å². The highest BCUT2D eigenvalue weighted by Crippen LogP contribution is 2.24. The average molecular weight is 279 g/mol. The minimum atomic E-state index is -4.58. The topological polar surface area (TPSA) is 39.7 Å². The molecule has 0 saturated carbocycles. The standard InChI is InChI=1S/C12H16F3NO3/c1-17-10-4-3-9(11(7-10)18-2)8-16-5-6-19-12(13,14)15/h3-4,7,16H,5-6,8H2,1-2H3. The van der Waals surface area contributed by atoms with Crippen molar-refractivity contribution >= 4 is 0 Å². The van der Waals surface area contributed by atoms with Gasteiger partial charge >= 0.3 is 6.36 Å². The van der Waals surface area contributed by atoms with Crippen LogP contribution in [0.25, 0.3) is 0 Å². The summed E-state index contributed by atoms with van der Waals surface area (Å²) in [5, 5.41) is 2.84. The molecule has 0 aliphatic carbocycles. The molecule has 0 amide bonds. The van der Waals surface area contributed by atoms with Gasteiger partial charge in [-0.05, 0) is 6.07 Å². The van der Waals surface area contributed by atoms with Gasteiger partial charge in [-0.15, -0.1) is 13.2 Å². The predicted molar refractivity (Wildman–Crippen MR) is 63.3 cm³/mol. The third-order valence-electron chi connectivity index (χ3n) is 2.35. The fourth-order valence-electron chi connectivity index (χ4n) is 1.46. The number of benzene rings is 1. The van der Waals surface area contributed by atoms with E-state index >= 15 is 0 Å². The molecule has 7 heteroatoms. The van der Waals surface area contributed by atoms with Crippen molar-refractivity contribution in [3.63, 3.8) is 0 Å². The largest absolute Gasteiger partial charge is 0.522 e. The lowest BCUT2D eigenvalue weighted by Gasteiger charge is -2.12. The van der Waals surface area contributed by atoms with Crippen LogP contribution in [0.4, 0.5) is 13.2 Å². The molecule has 0 saturated heterocycles. The minimum Gasteiger partial charge on any atom is -0.497 e. The Hall–Kier alpha value is -1.47. The lowest BCUT2D eigenvalue weighted by molar-refractivity contribution is -0.323. The number of nitrogens with one attached hydrogen (secondary N) is 1. The number of ether oxygens (including phenoxy) is 3. The monoisotopic (exact) mass is 279 g/mol. The van der Waals surface area contributed by atoms with Crippen molar-refractivity contribution in [3.8, 4) is 11.5 Å². The molecule has 108 valence electrons. The Bertz CT molecular complexity index is 396. The van der Waals surface area contributed by atoms with Crippen LogP contribution in [0.2, 0.25) is 0 Å². The molecule has 1 rings (SSSR count). The van der Waals surface area contributed by atoms with Gasteiger partial charge in [0.15, 0.2) is 0 Å². The lowest BCUT2D eigenvalue weighted by atomic mass is 10.2. The van der Waals surface area contributed by atoms with Crippen LogP contribution in [-0.4, -0.2) is 33.7 Å². The summed E-state index contributed by atoms with van der Waals surface area (Å²) in [6.07, 6.45) is -4.58. The molecular formula is C12H16F3NO3. The van der Waals surface area contributed by atoms with Crippen LogP contribution in [-0.2, 0) is 11.3 Å². The molecule has 0 spiro atoms. The van der Waals surface area contributed by atoms with E-state index in [1.165, 1.54) is 7.11 Å². The third kappa shape index (κ3) is 5.80. The molecule has 0 heterocycles. The van der Waals surface area contributed by atoms with Gasteiger partial charge < -0.3 is 14.8 Å². The zero-order chi connectivity index (χ0) is 14.3. The van der Waals surface area contributed by atoms with Crippen molar-refractivity contribution < 1.29 is 27.4 Å². The molecule has 0 radical (unpaired) electrons. The Labute approximate surface area is 109 Å². The van der Waals surface area contributed by atoms with E-state index in [0.717, 1.165) is 5.56 Å². The molecule has 0 atom stereocenters. The molecular weight excluding hydrogens is 263 g/mol. The molecule has 0 fully saturated rings. The normalized spacial score (nSPS) is 11.4. The van der Waals surface area contributed by atoms with Gasteiger partial charge in [0, 0.05) is 24.7 Å². The zero-order valence-electron chi connectivity index (χ0n) is 10.7. The number of hydrogen-bond acceptors (Lipinski definition) is 4. The van der Waals surface area contributed by atoms with Gasteiger partial charge in [-0.25, -0.2) is 0 Å². The highest BCUT2D eigenvalue weighted by molar-refractivity contribution is 5.40. The van der Waals surface area contributed by atoms with E-state index in [4.69, 9.17) is 9.47 Å². The maximum Gasteiger partial charge on any atom is 0.522 e. The van der Waals surface area contributed by atoms with E-state index in [1.807, 2.05) is 0 Å². The summed E-state index contributed by atoms with van der Waals surface area (Å²) in [5.41, 5.74) is 0.829. The number of alkyl halides is 3. The second-order valence-electron chi connectivity index (χ2n) is 3.65.